The standard InChI is InChI=1S/C29H34FNO6S2/c1-6-22-16-31(39(34,35)26-10-8-7-9-24(26)37-22)15-21-13-20(12-11-18(21)2)27(29(4,5)36-17-32)25-14-23(30)28(38-25)19(3)33/h7-14,17,19,22,27,33H,6,15-16H2,1-5H3/t19?,22-,27?/m1/s1. The Morgan fingerprint density at radius 1 is 1.26 bits per heavy atom. The molecule has 7 nitrogen and oxygen atoms in total. The number of sulfonamides is 1. The first-order valence-corrected chi connectivity index (χ1v) is 15.1. The summed E-state index contributed by atoms with van der Waals surface area (Å²) in [6.45, 7) is 9.51. The molecule has 4 rings (SSSR count). The number of carbonyl (C=O) groups is 1. The number of benzene rings is 2. The van der Waals surface area contributed by atoms with Gasteiger partial charge in [-0.15, -0.1) is 11.3 Å². The Morgan fingerprint density at radius 2 is 1.97 bits per heavy atom. The Morgan fingerprint density at radius 3 is 2.62 bits per heavy atom. The van der Waals surface area contributed by atoms with Gasteiger partial charge in [0.05, 0.1) is 23.4 Å². The van der Waals surface area contributed by atoms with E-state index in [9.17, 15) is 22.7 Å². The number of hydrogen-bond acceptors (Lipinski definition) is 7. The summed E-state index contributed by atoms with van der Waals surface area (Å²) >= 11 is 1.12. The largest absolute Gasteiger partial charge is 0.488 e. The Balaban J connectivity index is 1.79. The van der Waals surface area contributed by atoms with E-state index in [0.717, 1.165) is 28.0 Å². The molecule has 0 radical (unpaired) electrons. The van der Waals surface area contributed by atoms with Gasteiger partial charge >= 0.3 is 0 Å². The lowest BCUT2D eigenvalue weighted by molar-refractivity contribution is -0.141. The highest BCUT2D eigenvalue weighted by Crippen LogP contribution is 2.43. The molecule has 0 bridgehead atoms. The third-order valence-corrected chi connectivity index (χ3v) is 10.3. The van der Waals surface area contributed by atoms with Crippen molar-refractivity contribution in [1.82, 2.24) is 4.31 Å². The van der Waals surface area contributed by atoms with Crippen molar-refractivity contribution in [2.24, 2.45) is 0 Å². The number of aliphatic hydroxyl groups is 1. The second-order valence-electron chi connectivity index (χ2n) is 10.4. The molecule has 39 heavy (non-hydrogen) atoms. The smallest absolute Gasteiger partial charge is 0.293 e. The molecule has 2 unspecified atom stereocenters. The van der Waals surface area contributed by atoms with Gasteiger partial charge in [-0.1, -0.05) is 37.3 Å². The van der Waals surface area contributed by atoms with Gasteiger partial charge in [-0.3, -0.25) is 4.79 Å². The second-order valence-corrected chi connectivity index (χ2v) is 13.4. The first kappa shape index (κ1) is 29.2. The van der Waals surface area contributed by atoms with Crippen LogP contribution in [0.3, 0.4) is 0 Å². The second kappa shape index (κ2) is 11.4. The molecular weight excluding hydrogens is 541 g/mol. The number of para-hydroxylation sites is 1. The van der Waals surface area contributed by atoms with E-state index in [1.54, 1.807) is 38.1 Å². The lowest BCUT2D eigenvalue weighted by Gasteiger charge is -2.33. The molecule has 0 spiro atoms. The van der Waals surface area contributed by atoms with Crippen molar-refractivity contribution in [3.05, 3.63) is 80.8 Å². The molecule has 10 heteroatoms. The van der Waals surface area contributed by atoms with Crippen LogP contribution in [0.5, 0.6) is 5.75 Å². The van der Waals surface area contributed by atoms with E-state index in [4.69, 9.17) is 9.47 Å². The highest BCUT2D eigenvalue weighted by Gasteiger charge is 2.38. The first-order chi connectivity index (χ1) is 18.4. The summed E-state index contributed by atoms with van der Waals surface area (Å²) in [5.74, 6) is -0.745. The van der Waals surface area contributed by atoms with Gasteiger partial charge in [-0.25, -0.2) is 12.8 Å². The Kier molecular flexibility index (Phi) is 8.51. The number of ether oxygens (including phenoxy) is 2. The summed E-state index contributed by atoms with van der Waals surface area (Å²) in [5, 5.41) is 10.0. The molecule has 210 valence electrons. The van der Waals surface area contributed by atoms with Crippen LogP contribution in [-0.2, 0) is 26.1 Å². The van der Waals surface area contributed by atoms with Crippen LogP contribution in [0.2, 0.25) is 0 Å². The van der Waals surface area contributed by atoms with Crippen LogP contribution in [0.25, 0.3) is 0 Å². The molecule has 1 aromatic heterocycles. The maximum absolute atomic E-state index is 14.7. The summed E-state index contributed by atoms with van der Waals surface area (Å²) in [7, 11) is -3.85. The Labute approximate surface area is 233 Å². The number of carbonyl (C=O) groups excluding carboxylic acids is 1. The van der Waals surface area contributed by atoms with Crippen molar-refractivity contribution in [2.45, 2.75) is 76.2 Å². The normalized spacial score (nSPS) is 18.9. The number of nitrogens with zero attached hydrogens (tertiary/aromatic N) is 1. The summed E-state index contributed by atoms with van der Waals surface area (Å²) in [5.41, 5.74) is 1.33. The van der Waals surface area contributed by atoms with Crippen molar-refractivity contribution < 1.29 is 32.2 Å². The van der Waals surface area contributed by atoms with E-state index in [1.165, 1.54) is 17.3 Å². The third-order valence-electron chi connectivity index (χ3n) is 7.12. The highest BCUT2D eigenvalue weighted by atomic mass is 32.2. The molecular formula is C29H34FNO6S2. The zero-order valence-corrected chi connectivity index (χ0v) is 24.3. The predicted octanol–water partition coefficient (Wildman–Crippen LogP) is 5.69. The van der Waals surface area contributed by atoms with Gasteiger partial charge in [0.15, 0.2) is 0 Å². The van der Waals surface area contributed by atoms with Crippen LogP contribution in [0, 0.1) is 12.7 Å². The lowest BCUT2D eigenvalue weighted by atomic mass is 9.82. The molecule has 0 aliphatic carbocycles. The van der Waals surface area contributed by atoms with Crippen LogP contribution in [0.15, 0.2) is 53.4 Å². The third kappa shape index (κ3) is 5.89. The van der Waals surface area contributed by atoms with Crippen LogP contribution in [0.1, 0.15) is 72.6 Å². The number of thiophene rings is 1. The molecule has 0 fully saturated rings. The van der Waals surface area contributed by atoms with E-state index in [2.05, 4.69) is 0 Å². The van der Waals surface area contributed by atoms with E-state index < -0.39 is 33.5 Å². The molecule has 1 N–H and O–H groups in total. The van der Waals surface area contributed by atoms with Crippen LogP contribution >= 0.6 is 11.3 Å². The fourth-order valence-corrected chi connectivity index (χ4v) is 7.82. The average molecular weight is 576 g/mol. The minimum absolute atomic E-state index is 0.107. The minimum Gasteiger partial charge on any atom is -0.488 e. The molecule has 0 saturated carbocycles. The maximum atomic E-state index is 14.7. The van der Waals surface area contributed by atoms with Crippen molar-refractivity contribution >= 4 is 27.8 Å². The maximum Gasteiger partial charge on any atom is 0.293 e. The topological polar surface area (TPSA) is 93.1 Å². The average Bonchev–Trinajstić information content (AvgIpc) is 3.21. The number of aliphatic hydroxyl groups excluding tert-OH is 1. The molecule has 2 heterocycles. The van der Waals surface area contributed by atoms with Gasteiger partial charge in [-0.05, 0) is 69.0 Å². The number of halogens is 1. The lowest BCUT2D eigenvalue weighted by Crippen LogP contribution is -2.36. The van der Waals surface area contributed by atoms with Gasteiger partial charge in [0.2, 0.25) is 10.0 Å². The zero-order chi connectivity index (χ0) is 28.5. The number of aryl methyl sites for hydroxylation is 1. The number of hydrogen-bond donors (Lipinski definition) is 1. The quantitative estimate of drug-likeness (QED) is 0.330. The summed E-state index contributed by atoms with van der Waals surface area (Å²) in [6.07, 6.45) is -0.667. The van der Waals surface area contributed by atoms with Gasteiger partial charge in [-0.2, -0.15) is 4.31 Å². The highest BCUT2D eigenvalue weighted by molar-refractivity contribution is 7.89. The van der Waals surface area contributed by atoms with Gasteiger partial charge in [0, 0.05) is 11.4 Å². The molecule has 0 saturated heterocycles. The van der Waals surface area contributed by atoms with Crippen molar-refractivity contribution in [3.63, 3.8) is 0 Å². The number of fused-ring (bicyclic) bond motifs is 1. The van der Waals surface area contributed by atoms with E-state index >= 15 is 0 Å². The van der Waals surface area contributed by atoms with Crippen molar-refractivity contribution in [2.75, 3.05) is 6.54 Å². The van der Waals surface area contributed by atoms with Gasteiger partial charge in [0.1, 0.15) is 28.2 Å². The van der Waals surface area contributed by atoms with Crippen molar-refractivity contribution in [1.29, 1.82) is 0 Å². The first-order valence-electron chi connectivity index (χ1n) is 12.8. The van der Waals surface area contributed by atoms with Crippen LogP contribution in [0.4, 0.5) is 4.39 Å². The minimum atomic E-state index is -3.85. The van der Waals surface area contributed by atoms with E-state index in [1.807, 2.05) is 32.0 Å². The molecule has 3 aromatic rings. The summed E-state index contributed by atoms with van der Waals surface area (Å²) in [4.78, 5) is 12.3. The molecule has 0 amide bonds. The van der Waals surface area contributed by atoms with Crippen LogP contribution < -0.4 is 4.74 Å². The fourth-order valence-electron chi connectivity index (χ4n) is 4.96. The monoisotopic (exact) mass is 575 g/mol. The summed E-state index contributed by atoms with van der Waals surface area (Å²) < 4.78 is 55.1. The molecule has 1 aliphatic rings. The zero-order valence-electron chi connectivity index (χ0n) is 22.7. The molecule has 3 atom stereocenters. The fraction of sp³-hybridized carbons (Fsp3) is 0.414. The number of rotatable bonds is 9. The molecule has 1 aliphatic heterocycles. The Bertz CT molecular complexity index is 1450. The van der Waals surface area contributed by atoms with Crippen molar-refractivity contribution in [3.8, 4) is 5.75 Å². The Hall–Kier alpha value is -2.79. The van der Waals surface area contributed by atoms with E-state index in [0.29, 0.717) is 23.5 Å². The van der Waals surface area contributed by atoms with Crippen LogP contribution in [-0.4, -0.2) is 42.6 Å². The van der Waals surface area contributed by atoms with Gasteiger partial charge < -0.3 is 14.6 Å². The summed E-state index contributed by atoms with van der Waals surface area (Å²) in [6, 6.07) is 13.7. The van der Waals surface area contributed by atoms with E-state index in [-0.39, 0.29) is 29.0 Å². The predicted molar refractivity (Wildman–Crippen MR) is 148 cm³/mol. The molecule has 2 aromatic carbocycles. The van der Waals surface area contributed by atoms with Gasteiger partial charge in [0.25, 0.3) is 6.47 Å². The SMILES string of the molecule is CC[C@@H]1CN(Cc2cc(C(c3cc(F)c(C(C)O)s3)C(C)(C)OC=O)ccc2C)S(=O)(=O)c2ccccc2O1.